The molecular weight excluding hydrogens is 638 g/mol. The summed E-state index contributed by atoms with van der Waals surface area (Å²) in [6, 6.07) is 0. The van der Waals surface area contributed by atoms with Crippen molar-refractivity contribution < 1.29 is 71.6 Å². The molecule has 0 heterocycles. The fourth-order valence-corrected chi connectivity index (χ4v) is 3.30. The number of hydrogen-bond donors (Lipinski definition) is 1. The maximum absolute atomic E-state index is 12.1. The van der Waals surface area contributed by atoms with E-state index in [1.165, 1.54) is 5.06 Å². The Labute approximate surface area is 287 Å². The first-order valence-electron chi connectivity index (χ1n) is 17.0. The molecule has 16 heteroatoms. The minimum Gasteiger partial charge on any atom is -0.442 e. The van der Waals surface area contributed by atoms with E-state index in [2.05, 4.69) is 0 Å². The summed E-state index contributed by atoms with van der Waals surface area (Å²) in [6.07, 6.45) is 0.258. The molecule has 0 fully saturated rings. The third-order valence-electron chi connectivity index (χ3n) is 5.45. The van der Waals surface area contributed by atoms with Gasteiger partial charge in [0.15, 0.2) is 0 Å². The van der Waals surface area contributed by atoms with Crippen molar-refractivity contribution >= 4 is 6.09 Å². The average molecular weight is 704 g/mol. The molecule has 16 nitrogen and oxygen atoms in total. The first kappa shape index (κ1) is 46.8. The highest BCUT2D eigenvalue weighted by molar-refractivity contribution is 5.66. The molecule has 0 bridgehead atoms. The molecule has 0 aromatic heterocycles. The lowest BCUT2D eigenvalue weighted by Gasteiger charge is -2.26. The van der Waals surface area contributed by atoms with Gasteiger partial charge in [0.25, 0.3) is 0 Å². The zero-order valence-corrected chi connectivity index (χ0v) is 30.0. The van der Waals surface area contributed by atoms with Crippen molar-refractivity contribution in [3.8, 4) is 0 Å². The van der Waals surface area contributed by atoms with E-state index in [0.717, 1.165) is 6.42 Å². The quantitative estimate of drug-likeness (QED) is 0.0731. The second kappa shape index (κ2) is 37.0. The van der Waals surface area contributed by atoms with Crippen LogP contribution in [0.1, 0.15) is 34.1 Å². The summed E-state index contributed by atoms with van der Waals surface area (Å²) in [6.45, 7) is 18.4. The third-order valence-corrected chi connectivity index (χ3v) is 5.45. The van der Waals surface area contributed by atoms with Crippen LogP contribution in [0.4, 0.5) is 4.79 Å². The Morgan fingerprint density at radius 2 is 0.708 bits per heavy atom. The Kier molecular flexibility index (Phi) is 36.1. The van der Waals surface area contributed by atoms with Crippen LogP contribution in [0, 0.1) is 0 Å². The monoisotopic (exact) mass is 703 g/mol. The van der Waals surface area contributed by atoms with Gasteiger partial charge in [-0.15, -0.1) is 0 Å². The highest BCUT2D eigenvalue weighted by Gasteiger charge is 2.22. The summed E-state index contributed by atoms with van der Waals surface area (Å²) in [5.74, 6) is 0. The van der Waals surface area contributed by atoms with E-state index in [-0.39, 0.29) is 13.2 Å². The molecule has 0 radical (unpaired) electrons. The molecule has 0 atom stereocenters. The fourth-order valence-electron chi connectivity index (χ4n) is 3.30. The number of hydroxylamine groups is 2. The maximum atomic E-state index is 12.1. The summed E-state index contributed by atoms with van der Waals surface area (Å²) >= 11 is 0. The van der Waals surface area contributed by atoms with E-state index in [9.17, 15) is 4.79 Å². The van der Waals surface area contributed by atoms with Crippen molar-refractivity contribution in [2.75, 3.05) is 165 Å². The molecule has 1 amide bonds. The SMILES string of the molecule is CCCN(OCCOCCOCCOCCOCCOCCOCCOCCOCCOCCOCCOCCO)C(=O)OC(C)(C)C. The summed E-state index contributed by atoms with van der Waals surface area (Å²) in [5.41, 5.74) is -0.576. The smallest absolute Gasteiger partial charge is 0.434 e. The molecule has 0 aromatic carbocycles. The van der Waals surface area contributed by atoms with Crippen molar-refractivity contribution in [2.45, 2.75) is 39.7 Å². The first-order valence-corrected chi connectivity index (χ1v) is 17.0. The molecular formula is C32H65NO15. The number of amides is 1. The van der Waals surface area contributed by atoms with Crippen LogP contribution < -0.4 is 0 Å². The predicted octanol–water partition coefficient (Wildman–Crippen LogP) is 1.74. The Bertz CT molecular complexity index is 657. The molecule has 0 aliphatic carbocycles. The molecule has 0 rings (SSSR count). The first-order chi connectivity index (χ1) is 23.4. The van der Waals surface area contributed by atoms with Gasteiger partial charge in [-0.25, -0.2) is 4.79 Å². The van der Waals surface area contributed by atoms with Crippen molar-refractivity contribution in [2.24, 2.45) is 0 Å². The number of hydrogen-bond acceptors (Lipinski definition) is 15. The Morgan fingerprint density at radius 3 is 0.938 bits per heavy atom. The van der Waals surface area contributed by atoms with Gasteiger partial charge in [0, 0.05) is 0 Å². The van der Waals surface area contributed by atoms with Crippen LogP contribution in [0.3, 0.4) is 0 Å². The fraction of sp³-hybridized carbons (Fsp3) is 0.969. The lowest BCUT2D eigenvalue weighted by molar-refractivity contribution is -0.157. The number of carbonyl (C=O) groups excluding carboxylic acids is 1. The minimum atomic E-state index is -0.576. The number of ether oxygens (including phenoxy) is 12. The van der Waals surface area contributed by atoms with Crippen LogP contribution in [-0.4, -0.2) is 187 Å². The van der Waals surface area contributed by atoms with Gasteiger partial charge in [-0.1, -0.05) is 6.92 Å². The van der Waals surface area contributed by atoms with Gasteiger partial charge >= 0.3 is 6.09 Å². The van der Waals surface area contributed by atoms with E-state index in [4.69, 9.17) is 66.8 Å². The van der Waals surface area contributed by atoms with Gasteiger partial charge < -0.3 is 61.9 Å². The number of aliphatic hydroxyl groups excluding tert-OH is 1. The molecule has 1 N–H and O–H groups in total. The van der Waals surface area contributed by atoms with E-state index in [1.54, 1.807) is 0 Å². The Balaban J connectivity index is 3.22. The largest absolute Gasteiger partial charge is 0.442 e. The van der Waals surface area contributed by atoms with E-state index >= 15 is 0 Å². The second-order valence-corrected chi connectivity index (χ2v) is 10.9. The Morgan fingerprint density at radius 1 is 0.458 bits per heavy atom. The van der Waals surface area contributed by atoms with Gasteiger partial charge in [-0.05, 0) is 27.2 Å². The van der Waals surface area contributed by atoms with Gasteiger partial charge in [0.1, 0.15) is 5.60 Å². The predicted molar refractivity (Wildman–Crippen MR) is 175 cm³/mol. The van der Waals surface area contributed by atoms with Crippen LogP contribution in [-0.2, 0) is 61.7 Å². The van der Waals surface area contributed by atoms with Crippen molar-refractivity contribution in [1.29, 1.82) is 0 Å². The van der Waals surface area contributed by atoms with Gasteiger partial charge in [0.2, 0.25) is 0 Å². The molecule has 0 unspecified atom stereocenters. The zero-order valence-electron chi connectivity index (χ0n) is 30.0. The summed E-state index contributed by atoms with van der Waals surface area (Å²) in [4.78, 5) is 17.6. The summed E-state index contributed by atoms with van der Waals surface area (Å²) in [5, 5.41) is 9.81. The van der Waals surface area contributed by atoms with E-state index in [0.29, 0.717) is 152 Å². The number of carbonyl (C=O) groups is 1. The van der Waals surface area contributed by atoms with Crippen molar-refractivity contribution in [3.63, 3.8) is 0 Å². The summed E-state index contributed by atoms with van der Waals surface area (Å²) < 4.78 is 64.9. The number of aliphatic hydroxyl groups is 1. The molecule has 0 saturated carbocycles. The number of rotatable bonds is 38. The van der Waals surface area contributed by atoms with Crippen molar-refractivity contribution in [3.05, 3.63) is 0 Å². The molecule has 48 heavy (non-hydrogen) atoms. The molecule has 0 aliphatic heterocycles. The molecule has 0 spiro atoms. The molecule has 0 aliphatic rings. The lowest BCUT2D eigenvalue weighted by atomic mass is 10.2. The van der Waals surface area contributed by atoms with Gasteiger partial charge in [0.05, 0.1) is 165 Å². The van der Waals surface area contributed by atoms with Crippen LogP contribution >= 0.6 is 0 Å². The third kappa shape index (κ3) is 37.6. The topological polar surface area (TPSA) is 161 Å². The highest BCUT2D eigenvalue weighted by atomic mass is 16.7. The lowest BCUT2D eigenvalue weighted by Crippen LogP contribution is -2.38. The Hall–Kier alpha value is -1.25. The normalized spacial score (nSPS) is 11.8. The standard InChI is InChI=1S/C32H65NO15/c1-5-6-33(31(35)48-32(2,3)4)47-30-29-46-28-27-45-26-25-44-24-23-43-22-21-42-20-19-41-18-17-40-16-15-39-14-13-38-12-11-37-10-9-36-8-7-34/h34H,5-30H2,1-4H3. The van der Waals surface area contributed by atoms with Crippen LogP contribution in [0.25, 0.3) is 0 Å². The summed E-state index contributed by atoms with van der Waals surface area (Å²) in [7, 11) is 0. The average Bonchev–Trinajstić information content (AvgIpc) is 3.05. The molecule has 0 saturated heterocycles. The van der Waals surface area contributed by atoms with E-state index in [1.807, 2.05) is 27.7 Å². The van der Waals surface area contributed by atoms with Crippen LogP contribution in [0.5, 0.6) is 0 Å². The molecule has 0 aromatic rings. The number of nitrogens with zero attached hydrogens (tertiary/aromatic N) is 1. The zero-order chi connectivity index (χ0) is 35.2. The molecule has 288 valence electrons. The minimum absolute atomic E-state index is 0.0208. The van der Waals surface area contributed by atoms with Crippen LogP contribution in [0.15, 0.2) is 0 Å². The second-order valence-electron chi connectivity index (χ2n) is 10.9. The van der Waals surface area contributed by atoms with Crippen molar-refractivity contribution in [1.82, 2.24) is 5.06 Å². The maximum Gasteiger partial charge on any atom is 0.434 e. The van der Waals surface area contributed by atoms with Gasteiger partial charge in [-0.2, -0.15) is 5.06 Å². The highest BCUT2D eigenvalue weighted by Crippen LogP contribution is 2.10. The van der Waals surface area contributed by atoms with Crippen LogP contribution in [0.2, 0.25) is 0 Å². The van der Waals surface area contributed by atoms with E-state index < -0.39 is 11.7 Å². The van der Waals surface area contributed by atoms with Gasteiger partial charge in [-0.3, -0.25) is 4.84 Å².